The number of nitrogens with one attached hydrogen (secondary N) is 1. The molecule has 0 aliphatic heterocycles. The first-order chi connectivity index (χ1) is 7.81. The Morgan fingerprint density at radius 2 is 1.62 bits per heavy atom. The van der Waals surface area contributed by atoms with E-state index < -0.39 is 0 Å². The lowest BCUT2D eigenvalue weighted by atomic mass is 10.1. The molecule has 0 atom stereocenters. The fourth-order valence-corrected chi connectivity index (χ4v) is 1.76. The van der Waals surface area contributed by atoms with Crippen molar-refractivity contribution >= 4 is 17.5 Å². The third-order valence-electron chi connectivity index (χ3n) is 2.64. The van der Waals surface area contributed by atoms with Crippen LogP contribution in [0.15, 0.2) is 0 Å². The molecule has 0 rings (SSSR count). The van der Waals surface area contributed by atoms with Gasteiger partial charge in [-0.15, -0.1) is 11.6 Å². The highest BCUT2D eigenvalue weighted by Crippen LogP contribution is 2.08. The Morgan fingerprint density at radius 3 is 2.25 bits per heavy atom. The maximum absolute atomic E-state index is 11.3. The average Bonchev–Trinajstić information content (AvgIpc) is 2.28. The highest BCUT2D eigenvalue weighted by atomic mass is 35.5. The number of carbonyl (C=O) groups excluding carboxylic acids is 1. The van der Waals surface area contributed by atoms with Crippen LogP contribution in [-0.2, 0) is 4.79 Å². The summed E-state index contributed by atoms with van der Waals surface area (Å²) in [5.74, 6) is 0.802. The first-order valence-electron chi connectivity index (χ1n) is 6.64. The Hall–Kier alpha value is -0.240. The summed E-state index contributed by atoms with van der Waals surface area (Å²) in [6, 6.07) is 0. The third-order valence-corrected chi connectivity index (χ3v) is 2.91. The molecule has 16 heavy (non-hydrogen) atoms. The minimum Gasteiger partial charge on any atom is -0.356 e. The van der Waals surface area contributed by atoms with Crippen molar-refractivity contribution < 1.29 is 4.79 Å². The summed E-state index contributed by atoms with van der Waals surface area (Å²) < 4.78 is 0. The van der Waals surface area contributed by atoms with Crippen LogP contribution in [0, 0.1) is 0 Å². The minimum absolute atomic E-state index is 0.179. The van der Waals surface area contributed by atoms with Gasteiger partial charge in [0.15, 0.2) is 0 Å². The third kappa shape index (κ3) is 11.8. The Morgan fingerprint density at radius 1 is 1.00 bits per heavy atom. The first kappa shape index (κ1) is 15.8. The number of halogens is 1. The second kappa shape index (κ2) is 12.8. The molecule has 0 fully saturated rings. The Balaban J connectivity index is 3.09. The zero-order chi connectivity index (χ0) is 12.1. The predicted octanol–water partition coefficient (Wildman–Crippen LogP) is 3.87. The minimum atomic E-state index is 0.179. The molecular formula is C13H26ClNO. The van der Waals surface area contributed by atoms with E-state index in [0.717, 1.165) is 19.4 Å². The number of carbonyl (C=O) groups is 1. The van der Waals surface area contributed by atoms with E-state index in [4.69, 9.17) is 11.6 Å². The van der Waals surface area contributed by atoms with E-state index in [1.54, 1.807) is 0 Å². The lowest BCUT2D eigenvalue weighted by molar-refractivity contribution is -0.121. The van der Waals surface area contributed by atoms with E-state index in [1.807, 2.05) is 0 Å². The number of unbranched alkanes of at least 4 members (excludes halogenated alkanes) is 6. The molecule has 0 unspecified atom stereocenters. The van der Waals surface area contributed by atoms with Gasteiger partial charge < -0.3 is 5.32 Å². The lowest BCUT2D eigenvalue weighted by Gasteiger charge is -2.03. The van der Waals surface area contributed by atoms with Crippen LogP contribution >= 0.6 is 11.6 Å². The van der Waals surface area contributed by atoms with Gasteiger partial charge in [0.2, 0.25) is 5.91 Å². The maximum atomic E-state index is 11.3. The molecule has 0 aromatic heterocycles. The van der Waals surface area contributed by atoms with Crippen LogP contribution in [0.1, 0.15) is 64.7 Å². The summed E-state index contributed by atoms with van der Waals surface area (Å²) in [5.41, 5.74) is 0. The van der Waals surface area contributed by atoms with Crippen LogP contribution in [0.25, 0.3) is 0 Å². The van der Waals surface area contributed by atoms with Crippen molar-refractivity contribution in [3.8, 4) is 0 Å². The molecule has 0 bridgehead atoms. The number of alkyl halides is 1. The normalized spacial score (nSPS) is 10.4. The fourth-order valence-electron chi connectivity index (χ4n) is 1.63. The quantitative estimate of drug-likeness (QED) is 0.436. The van der Waals surface area contributed by atoms with Crippen molar-refractivity contribution in [2.75, 3.05) is 12.4 Å². The molecule has 0 spiro atoms. The van der Waals surface area contributed by atoms with Gasteiger partial charge in [0, 0.05) is 18.8 Å². The van der Waals surface area contributed by atoms with E-state index in [1.165, 1.54) is 38.5 Å². The smallest absolute Gasteiger partial charge is 0.219 e. The topological polar surface area (TPSA) is 29.1 Å². The van der Waals surface area contributed by atoms with Crippen molar-refractivity contribution in [1.82, 2.24) is 5.32 Å². The largest absolute Gasteiger partial charge is 0.356 e. The van der Waals surface area contributed by atoms with Crippen molar-refractivity contribution in [2.24, 2.45) is 0 Å². The van der Waals surface area contributed by atoms with Crippen molar-refractivity contribution in [2.45, 2.75) is 64.7 Å². The number of hydrogen-bond acceptors (Lipinski definition) is 1. The summed E-state index contributed by atoms with van der Waals surface area (Å²) in [7, 11) is 0. The number of amides is 1. The second-order valence-corrected chi connectivity index (χ2v) is 4.64. The number of rotatable bonds is 11. The Kier molecular flexibility index (Phi) is 12.6. The number of hydrogen-bond donors (Lipinski definition) is 1. The highest BCUT2D eigenvalue weighted by molar-refractivity contribution is 6.17. The summed E-state index contributed by atoms with van der Waals surface area (Å²) >= 11 is 5.52. The van der Waals surface area contributed by atoms with Crippen LogP contribution in [0.4, 0.5) is 0 Å². The van der Waals surface area contributed by atoms with Crippen molar-refractivity contribution in [3.63, 3.8) is 0 Å². The van der Waals surface area contributed by atoms with Gasteiger partial charge in [0.05, 0.1) is 0 Å². The fraction of sp³-hybridized carbons (Fsp3) is 0.923. The van der Waals surface area contributed by atoms with Gasteiger partial charge in [-0.1, -0.05) is 45.4 Å². The van der Waals surface area contributed by atoms with Crippen LogP contribution in [0.3, 0.4) is 0 Å². The van der Waals surface area contributed by atoms with E-state index >= 15 is 0 Å². The second-order valence-electron chi connectivity index (χ2n) is 4.26. The Labute approximate surface area is 105 Å². The average molecular weight is 248 g/mol. The summed E-state index contributed by atoms with van der Waals surface area (Å²) in [5, 5.41) is 2.87. The van der Waals surface area contributed by atoms with E-state index in [0.29, 0.717) is 12.3 Å². The van der Waals surface area contributed by atoms with E-state index in [2.05, 4.69) is 12.2 Å². The zero-order valence-electron chi connectivity index (χ0n) is 10.6. The van der Waals surface area contributed by atoms with Gasteiger partial charge in [-0.2, -0.15) is 0 Å². The van der Waals surface area contributed by atoms with E-state index in [9.17, 15) is 4.79 Å². The standard InChI is InChI=1S/C13H26ClNO/c1-2-3-4-5-6-7-8-10-13(16)15-12-9-11-14/h2-12H2,1H3,(H,15,16). The van der Waals surface area contributed by atoms with Gasteiger partial charge in [0.25, 0.3) is 0 Å². The summed E-state index contributed by atoms with van der Waals surface area (Å²) in [6.07, 6.45) is 10.3. The van der Waals surface area contributed by atoms with Crippen LogP contribution in [-0.4, -0.2) is 18.3 Å². The monoisotopic (exact) mass is 247 g/mol. The summed E-state index contributed by atoms with van der Waals surface area (Å²) in [4.78, 5) is 11.3. The molecule has 0 heterocycles. The molecule has 96 valence electrons. The highest BCUT2D eigenvalue weighted by Gasteiger charge is 1.99. The van der Waals surface area contributed by atoms with Crippen LogP contribution in [0.5, 0.6) is 0 Å². The first-order valence-corrected chi connectivity index (χ1v) is 7.17. The van der Waals surface area contributed by atoms with Crippen molar-refractivity contribution in [3.05, 3.63) is 0 Å². The van der Waals surface area contributed by atoms with Gasteiger partial charge >= 0.3 is 0 Å². The molecule has 0 saturated heterocycles. The molecule has 1 N–H and O–H groups in total. The molecule has 0 radical (unpaired) electrons. The lowest BCUT2D eigenvalue weighted by Crippen LogP contribution is -2.24. The molecule has 0 aliphatic rings. The summed E-state index contributed by atoms with van der Waals surface area (Å²) in [6.45, 7) is 2.95. The zero-order valence-corrected chi connectivity index (χ0v) is 11.3. The van der Waals surface area contributed by atoms with Crippen LogP contribution in [0.2, 0.25) is 0 Å². The van der Waals surface area contributed by atoms with Gasteiger partial charge in [-0.3, -0.25) is 4.79 Å². The van der Waals surface area contributed by atoms with Gasteiger partial charge in [-0.25, -0.2) is 0 Å². The van der Waals surface area contributed by atoms with Gasteiger partial charge in [0.1, 0.15) is 0 Å². The molecule has 1 amide bonds. The molecular weight excluding hydrogens is 222 g/mol. The van der Waals surface area contributed by atoms with E-state index in [-0.39, 0.29) is 5.91 Å². The Bertz CT molecular complexity index is 162. The molecule has 0 saturated carbocycles. The van der Waals surface area contributed by atoms with Crippen LogP contribution < -0.4 is 5.32 Å². The molecule has 0 aliphatic carbocycles. The maximum Gasteiger partial charge on any atom is 0.219 e. The van der Waals surface area contributed by atoms with Gasteiger partial charge in [-0.05, 0) is 12.8 Å². The molecule has 3 heteroatoms. The predicted molar refractivity (Wildman–Crippen MR) is 71.0 cm³/mol. The SMILES string of the molecule is CCCCCCCCCC(=O)NCCCCl. The molecule has 0 aromatic carbocycles. The molecule has 0 aromatic rings. The van der Waals surface area contributed by atoms with Crippen molar-refractivity contribution in [1.29, 1.82) is 0 Å². The molecule has 2 nitrogen and oxygen atoms in total.